The number of hydrogen-bond acceptors (Lipinski definition) is 3. The predicted octanol–water partition coefficient (Wildman–Crippen LogP) is 9.43. The van der Waals surface area contributed by atoms with E-state index in [1.165, 1.54) is 12.1 Å². The third kappa shape index (κ3) is 8.27. The molecule has 2 unspecified atom stereocenters. The van der Waals surface area contributed by atoms with E-state index in [1.807, 2.05) is 12.1 Å². The van der Waals surface area contributed by atoms with Crippen molar-refractivity contribution in [2.75, 3.05) is 18.6 Å². The van der Waals surface area contributed by atoms with E-state index >= 15 is 0 Å². The van der Waals surface area contributed by atoms with E-state index in [1.54, 1.807) is 30.2 Å². The van der Waals surface area contributed by atoms with E-state index in [-0.39, 0.29) is 23.2 Å². The lowest BCUT2D eigenvalue weighted by atomic mass is 9.78. The maximum atomic E-state index is 12.9. The summed E-state index contributed by atoms with van der Waals surface area (Å²) in [5.41, 5.74) is 1.42. The summed E-state index contributed by atoms with van der Waals surface area (Å²) in [5, 5.41) is 1.32. The van der Waals surface area contributed by atoms with Crippen LogP contribution in [-0.2, 0) is 9.53 Å². The first kappa shape index (κ1) is 32.3. The molecule has 0 aliphatic carbocycles. The molecule has 1 heterocycles. The van der Waals surface area contributed by atoms with Crippen molar-refractivity contribution in [3.63, 3.8) is 0 Å². The van der Waals surface area contributed by atoms with Gasteiger partial charge in [0.1, 0.15) is 5.75 Å². The number of halogens is 5. The molecule has 2 aromatic carbocycles. The maximum absolute atomic E-state index is 12.9. The van der Waals surface area contributed by atoms with Crippen molar-refractivity contribution in [3.05, 3.63) is 58.1 Å². The molecule has 0 bridgehead atoms. The Morgan fingerprint density at radius 3 is 2.11 bits per heavy atom. The number of anilines is 1. The Balaban J connectivity index is 0.000000328. The number of hydrogen-bond donors (Lipinski definition) is 0. The van der Waals surface area contributed by atoms with Gasteiger partial charge in [-0.25, -0.2) is 0 Å². The molecule has 0 saturated carbocycles. The van der Waals surface area contributed by atoms with Gasteiger partial charge >= 0.3 is 6.18 Å². The van der Waals surface area contributed by atoms with Crippen molar-refractivity contribution in [3.8, 4) is 5.75 Å². The van der Waals surface area contributed by atoms with Crippen LogP contribution in [0.25, 0.3) is 0 Å². The Bertz CT molecular complexity index is 1020. The van der Waals surface area contributed by atoms with Crippen LogP contribution in [0.1, 0.15) is 77.9 Å². The van der Waals surface area contributed by atoms with Crippen molar-refractivity contribution in [2.45, 2.75) is 84.6 Å². The average molecular weight is 577 g/mol. The summed E-state index contributed by atoms with van der Waals surface area (Å²) in [5.74, 6) is 0.280. The second-order valence-corrected chi connectivity index (χ2v) is 10.4. The van der Waals surface area contributed by atoms with E-state index in [9.17, 15) is 18.0 Å². The van der Waals surface area contributed by atoms with Crippen LogP contribution in [0, 0.1) is 5.41 Å². The Hall–Kier alpha value is -1.96. The lowest BCUT2D eigenvalue weighted by molar-refractivity contribution is -0.189. The number of carbonyl (C=O) groups excluding carboxylic acids is 1. The second kappa shape index (κ2) is 14.4. The fourth-order valence-corrected chi connectivity index (χ4v) is 5.39. The highest BCUT2D eigenvalue weighted by molar-refractivity contribution is 6.35. The number of carbonyl (C=O) groups is 1. The molecule has 0 spiro atoms. The van der Waals surface area contributed by atoms with Gasteiger partial charge in [0.05, 0.1) is 11.5 Å². The van der Waals surface area contributed by atoms with Crippen molar-refractivity contribution >= 4 is 34.8 Å². The summed E-state index contributed by atoms with van der Waals surface area (Å²) < 4.78 is 47.9. The molecule has 38 heavy (non-hydrogen) atoms. The molecule has 1 fully saturated rings. The van der Waals surface area contributed by atoms with Gasteiger partial charge < -0.3 is 14.4 Å². The van der Waals surface area contributed by atoms with Crippen molar-refractivity contribution < 1.29 is 27.4 Å². The van der Waals surface area contributed by atoms with Crippen LogP contribution in [0.4, 0.5) is 18.9 Å². The lowest BCUT2D eigenvalue weighted by Gasteiger charge is -2.27. The van der Waals surface area contributed by atoms with Crippen molar-refractivity contribution in [1.29, 1.82) is 0 Å². The second-order valence-electron chi connectivity index (χ2n) is 9.58. The molecule has 1 aliphatic rings. The highest BCUT2D eigenvalue weighted by Crippen LogP contribution is 2.42. The summed E-state index contributed by atoms with van der Waals surface area (Å²) >= 11 is 11.8. The number of alkyl halides is 3. The third-order valence-corrected chi connectivity index (χ3v) is 7.42. The minimum absolute atomic E-state index is 0.0600. The fourth-order valence-electron chi connectivity index (χ4n) is 4.86. The quantitative estimate of drug-likeness (QED) is 0.283. The number of rotatable bonds is 10. The van der Waals surface area contributed by atoms with E-state index in [0.29, 0.717) is 22.3 Å². The molecule has 0 N–H and O–H groups in total. The van der Waals surface area contributed by atoms with E-state index in [4.69, 9.17) is 32.7 Å². The van der Waals surface area contributed by atoms with Gasteiger partial charge in [0.2, 0.25) is 5.91 Å². The molecule has 1 amide bonds. The van der Waals surface area contributed by atoms with Crippen LogP contribution < -0.4 is 9.64 Å². The molecular formula is C29H38Cl2F3NO3. The molecule has 9 heteroatoms. The molecule has 3 rings (SSSR count). The van der Waals surface area contributed by atoms with Gasteiger partial charge in [-0.2, -0.15) is 13.2 Å². The van der Waals surface area contributed by atoms with Crippen LogP contribution in [0.5, 0.6) is 5.75 Å². The van der Waals surface area contributed by atoms with Crippen LogP contribution in [-0.4, -0.2) is 31.8 Å². The number of methoxy groups -OCH3 is 1. The normalized spacial score (nSPS) is 16.6. The average Bonchev–Trinajstić information content (AvgIpc) is 3.17. The summed E-state index contributed by atoms with van der Waals surface area (Å²) in [6, 6.07) is 11.8. The SMILES string of the molecule is CCC(OC)c1ccc(Cl)cc1Cl.CCCC1(CCC)CCN(c2ccc(OC(C)C(F)(F)F)cc2)C1=O. The Morgan fingerprint density at radius 2 is 1.63 bits per heavy atom. The summed E-state index contributed by atoms with van der Waals surface area (Å²) in [7, 11) is 1.68. The number of nitrogens with zero attached hydrogens (tertiary/aromatic N) is 1. The van der Waals surface area contributed by atoms with Gasteiger partial charge in [0.25, 0.3) is 0 Å². The number of amides is 1. The van der Waals surface area contributed by atoms with Crippen LogP contribution in [0.15, 0.2) is 42.5 Å². The minimum Gasteiger partial charge on any atom is -0.481 e. The van der Waals surface area contributed by atoms with Crippen LogP contribution in [0.3, 0.4) is 0 Å². The van der Waals surface area contributed by atoms with Crippen LogP contribution >= 0.6 is 23.2 Å². The lowest BCUT2D eigenvalue weighted by Crippen LogP contribution is -2.34. The predicted molar refractivity (Wildman–Crippen MR) is 148 cm³/mol. The fraction of sp³-hybridized carbons (Fsp3) is 0.552. The monoisotopic (exact) mass is 575 g/mol. The first-order valence-electron chi connectivity index (χ1n) is 13.1. The summed E-state index contributed by atoms with van der Waals surface area (Å²) in [6.45, 7) is 7.85. The van der Waals surface area contributed by atoms with Crippen molar-refractivity contribution in [2.24, 2.45) is 5.41 Å². The zero-order valence-electron chi connectivity index (χ0n) is 22.7. The Morgan fingerprint density at radius 1 is 1.03 bits per heavy atom. The van der Waals surface area contributed by atoms with Gasteiger partial charge in [-0.3, -0.25) is 4.79 Å². The maximum Gasteiger partial charge on any atom is 0.425 e. The number of ether oxygens (including phenoxy) is 2. The topological polar surface area (TPSA) is 38.8 Å². The third-order valence-electron chi connectivity index (χ3n) is 6.86. The molecule has 1 aliphatic heterocycles. The van der Waals surface area contributed by atoms with Crippen molar-refractivity contribution in [1.82, 2.24) is 0 Å². The van der Waals surface area contributed by atoms with Gasteiger partial charge in [-0.05, 0) is 74.6 Å². The Kier molecular flexibility index (Phi) is 12.2. The summed E-state index contributed by atoms with van der Waals surface area (Å²) in [4.78, 5) is 14.7. The molecule has 1 saturated heterocycles. The Labute approximate surface area is 234 Å². The highest BCUT2D eigenvalue weighted by atomic mass is 35.5. The first-order valence-corrected chi connectivity index (χ1v) is 13.8. The molecule has 212 valence electrons. The van der Waals surface area contributed by atoms with Gasteiger partial charge in [0, 0.05) is 29.4 Å². The standard InChI is InChI=1S/C19H26F3NO2.C10H12Cl2O/c1-4-10-18(11-5-2)12-13-23(17(18)24)15-6-8-16(9-7-15)25-14(3)19(20,21)22;1-3-10(13-2)8-5-4-7(11)6-9(8)12/h6-9,14H,4-5,10-13H2,1-3H3;4-6,10H,3H2,1-2H3. The van der Waals surface area contributed by atoms with E-state index in [2.05, 4.69) is 20.8 Å². The molecule has 0 aromatic heterocycles. The molecule has 2 atom stereocenters. The van der Waals surface area contributed by atoms with E-state index in [0.717, 1.165) is 51.0 Å². The molecule has 2 aromatic rings. The minimum atomic E-state index is -4.40. The first-order chi connectivity index (χ1) is 17.9. The number of benzene rings is 2. The molecule has 0 radical (unpaired) electrons. The summed E-state index contributed by atoms with van der Waals surface area (Å²) in [6.07, 6.45) is -0.805. The van der Waals surface area contributed by atoms with Gasteiger partial charge in [0.15, 0.2) is 6.10 Å². The van der Waals surface area contributed by atoms with Crippen LogP contribution in [0.2, 0.25) is 10.0 Å². The van der Waals surface area contributed by atoms with E-state index < -0.39 is 12.3 Å². The molecular weight excluding hydrogens is 538 g/mol. The molecule has 4 nitrogen and oxygen atoms in total. The zero-order chi connectivity index (χ0) is 28.5. The highest BCUT2D eigenvalue weighted by Gasteiger charge is 2.45. The van der Waals surface area contributed by atoms with Gasteiger partial charge in [-0.1, -0.05) is 62.9 Å². The largest absolute Gasteiger partial charge is 0.481 e. The smallest absolute Gasteiger partial charge is 0.425 e. The zero-order valence-corrected chi connectivity index (χ0v) is 24.2. The van der Waals surface area contributed by atoms with Gasteiger partial charge in [-0.15, -0.1) is 0 Å².